The number of nitrogens with zero attached hydrogens (tertiary/aromatic N) is 1. The zero-order chi connectivity index (χ0) is 22.8. The molecule has 1 amide bonds. The quantitative estimate of drug-likeness (QED) is 0.231. The van der Waals surface area contributed by atoms with Crippen LogP contribution in [0.15, 0.2) is 64.5 Å². The topological polar surface area (TPSA) is 91.9 Å². The molecule has 32 heavy (non-hydrogen) atoms. The summed E-state index contributed by atoms with van der Waals surface area (Å²) in [5, 5.41) is 3.31. The van der Waals surface area contributed by atoms with E-state index in [2.05, 4.69) is 15.3 Å². The molecule has 4 aromatic rings. The number of aryl methyl sites for hydroxylation is 1. The molecule has 0 saturated carbocycles. The molecular formula is C24H21N3O3S2. The van der Waals surface area contributed by atoms with Gasteiger partial charge in [-0.15, -0.1) is 11.3 Å². The summed E-state index contributed by atoms with van der Waals surface area (Å²) in [4.78, 5) is 46.0. The number of aromatic amines is 1. The number of benzene rings is 2. The molecule has 6 nitrogen and oxygen atoms in total. The van der Waals surface area contributed by atoms with Crippen molar-refractivity contribution >= 4 is 50.7 Å². The highest BCUT2D eigenvalue weighted by Crippen LogP contribution is 2.36. The average Bonchev–Trinajstić information content (AvgIpc) is 3.11. The highest BCUT2D eigenvalue weighted by atomic mass is 32.2. The number of H-pyrrole nitrogens is 1. The van der Waals surface area contributed by atoms with Gasteiger partial charge in [0.25, 0.3) is 5.56 Å². The van der Waals surface area contributed by atoms with E-state index in [1.54, 1.807) is 31.2 Å². The second-order valence-electron chi connectivity index (χ2n) is 7.33. The average molecular weight is 464 g/mol. The number of nitrogens with one attached hydrogen (secondary N) is 2. The van der Waals surface area contributed by atoms with Crippen molar-refractivity contribution in [3.8, 4) is 11.1 Å². The number of anilines is 1. The fourth-order valence-electron chi connectivity index (χ4n) is 3.36. The van der Waals surface area contributed by atoms with Gasteiger partial charge in [-0.2, -0.15) is 0 Å². The molecule has 2 heterocycles. The summed E-state index contributed by atoms with van der Waals surface area (Å²) in [5.41, 5.74) is 2.85. The van der Waals surface area contributed by atoms with Crippen molar-refractivity contribution in [2.45, 2.75) is 31.2 Å². The molecule has 0 radical (unpaired) electrons. The van der Waals surface area contributed by atoms with Gasteiger partial charge in [-0.25, -0.2) is 4.98 Å². The smallest absolute Gasteiger partial charge is 0.260 e. The Bertz CT molecular complexity index is 1360. The molecule has 162 valence electrons. The summed E-state index contributed by atoms with van der Waals surface area (Å²) in [6.45, 7) is 5.23. The number of hydrogen-bond acceptors (Lipinski definition) is 6. The third kappa shape index (κ3) is 4.51. The lowest BCUT2D eigenvalue weighted by Crippen LogP contribution is -2.23. The van der Waals surface area contributed by atoms with Crippen LogP contribution in [-0.4, -0.2) is 26.9 Å². The van der Waals surface area contributed by atoms with E-state index < -0.39 is 5.25 Å². The van der Waals surface area contributed by atoms with Crippen LogP contribution >= 0.6 is 23.1 Å². The first-order valence-electron chi connectivity index (χ1n) is 10.0. The van der Waals surface area contributed by atoms with Crippen LogP contribution in [-0.2, 0) is 4.79 Å². The van der Waals surface area contributed by atoms with Gasteiger partial charge in [0.15, 0.2) is 10.9 Å². The Morgan fingerprint density at radius 2 is 1.78 bits per heavy atom. The van der Waals surface area contributed by atoms with Gasteiger partial charge in [0, 0.05) is 21.7 Å². The summed E-state index contributed by atoms with van der Waals surface area (Å²) in [6.07, 6.45) is 0. The van der Waals surface area contributed by atoms with Gasteiger partial charge in [-0.3, -0.25) is 14.4 Å². The number of fused-ring (bicyclic) bond motifs is 1. The monoisotopic (exact) mass is 463 g/mol. The maximum Gasteiger partial charge on any atom is 0.260 e. The second-order valence-corrected chi connectivity index (χ2v) is 9.87. The lowest BCUT2D eigenvalue weighted by Gasteiger charge is -2.11. The fraction of sp³-hybridized carbons (Fsp3) is 0.167. The molecule has 0 saturated heterocycles. The van der Waals surface area contributed by atoms with Gasteiger partial charge in [-0.05, 0) is 50.6 Å². The zero-order valence-electron chi connectivity index (χ0n) is 17.8. The number of aromatic nitrogens is 2. The number of hydrogen-bond donors (Lipinski definition) is 2. The Morgan fingerprint density at radius 1 is 1.09 bits per heavy atom. The van der Waals surface area contributed by atoms with Gasteiger partial charge < -0.3 is 10.3 Å². The standard InChI is InChI=1S/C24H21N3O3S2/c1-13(28)16-9-11-18(12-10-16)25-21(29)15(3)32-24-26-22(30)20-19(14(2)31-23(20)27-24)17-7-5-4-6-8-17/h4-12,15H,1-3H3,(H,25,29)(H,26,27,30). The predicted octanol–water partition coefficient (Wildman–Crippen LogP) is 5.28. The highest BCUT2D eigenvalue weighted by Gasteiger charge is 2.20. The minimum atomic E-state index is -0.488. The van der Waals surface area contributed by atoms with Crippen LogP contribution in [0, 0.1) is 6.92 Å². The summed E-state index contributed by atoms with van der Waals surface area (Å²) < 4.78 is 0. The van der Waals surface area contributed by atoms with Crippen LogP contribution in [0.2, 0.25) is 0 Å². The molecule has 0 aliphatic carbocycles. The molecule has 2 aromatic heterocycles. The van der Waals surface area contributed by atoms with E-state index in [9.17, 15) is 14.4 Å². The summed E-state index contributed by atoms with van der Waals surface area (Å²) >= 11 is 2.66. The van der Waals surface area contributed by atoms with Crippen molar-refractivity contribution in [1.29, 1.82) is 0 Å². The van der Waals surface area contributed by atoms with E-state index >= 15 is 0 Å². The van der Waals surface area contributed by atoms with Crippen LogP contribution in [0.5, 0.6) is 0 Å². The normalized spacial score (nSPS) is 12.0. The van der Waals surface area contributed by atoms with E-state index in [0.29, 0.717) is 26.6 Å². The minimum Gasteiger partial charge on any atom is -0.325 e. The lowest BCUT2D eigenvalue weighted by atomic mass is 10.0. The third-order valence-corrected chi connectivity index (χ3v) is 6.98. The Kier molecular flexibility index (Phi) is 6.25. The van der Waals surface area contributed by atoms with Crippen molar-refractivity contribution < 1.29 is 9.59 Å². The second kappa shape index (κ2) is 9.10. The summed E-state index contributed by atoms with van der Waals surface area (Å²) in [6, 6.07) is 16.5. The molecular weight excluding hydrogens is 442 g/mol. The summed E-state index contributed by atoms with van der Waals surface area (Å²) in [7, 11) is 0. The fourth-order valence-corrected chi connectivity index (χ4v) is 5.26. The SMILES string of the molecule is CC(=O)c1ccc(NC(=O)C(C)Sc2nc3sc(C)c(-c4ccccc4)c3c(=O)[nH]2)cc1. The minimum absolute atomic E-state index is 0.0311. The van der Waals surface area contributed by atoms with E-state index in [-0.39, 0.29) is 17.2 Å². The van der Waals surface area contributed by atoms with Gasteiger partial charge in [0.2, 0.25) is 5.91 Å². The number of thiophene rings is 1. The molecule has 0 bridgehead atoms. The Morgan fingerprint density at radius 3 is 2.44 bits per heavy atom. The van der Waals surface area contributed by atoms with Crippen molar-refractivity contribution in [1.82, 2.24) is 9.97 Å². The first kappa shape index (κ1) is 22.0. The van der Waals surface area contributed by atoms with E-state index in [0.717, 1.165) is 16.0 Å². The van der Waals surface area contributed by atoms with E-state index in [4.69, 9.17) is 0 Å². The Labute approximate surface area is 193 Å². The van der Waals surface area contributed by atoms with E-state index in [1.807, 2.05) is 37.3 Å². The van der Waals surface area contributed by atoms with E-state index in [1.165, 1.54) is 30.0 Å². The highest BCUT2D eigenvalue weighted by molar-refractivity contribution is 8.00. The number of amides is 1. The molecule has 0 spiro atoms. The van der Waals surface area contributed by atoms with Gasteiger partial charge in [-0.1, -0.05) is 42.1 Å². The number of rotatable bonds is 6. The third-order valence-electron chi connectivity index (χ3n) is 5.00. The molecule has 0 aliphatic heterocycles. The number of carbonyl (C=O) groups excluding carboxylic acids is 2. The molecule has 0 fully saturated rings. The molecule has 1 unspecified atom stereocenters. The molecule has 2 aromatic carbocycles. The van der Waals surface area contributed by atoms with Crippen LogP contribution in [0.3, 0.4) is 0 Å². The van der Waals surface area contributed by atoms with Gasteiger partial charge in [0.05, 0.1) is 10.6 Å². The van der Waals surface area contributed by atoms with Gasteiger partial charge in [0.1, 0.15) is 4.83 Å². The number of carbonyl (C=O) groups is 2. The van der Waals surface area contributed by atoms with Crippen molar-refractivity contribution in [3.05, 3.63) is 75.4 Å². The lowest BCUT2D eigenvalue weighted by molar-refractivity contribution is -0.115. The largest absolute Gasteiger partial charge is 0.325 e. The number of Topliss-reactive ketones (excluding diaryl/α,β-unsaturated/α-hetero) is 1. The van der Waals surface area contributed by atoms with Crippen LogP contribution < -0.4 is 10.9 Å². The molecule has 4 rings (SSSR count). The number of thioether (sulfide) groups is 1. The van der Waals surface area contributed by atoms with Crippen molar-refractivity contribution in [3.63, 3.8) is 0 Å². The molecule has 8 heteroatoms. The van der Waals surface area contributed by atoms with Crippen LogP contribution in [0.25, 0.3) is 21.3 Å². The van der Waals surface area contributed by atoms with Crippen molar-refractivity contribution in [2.24, 2.45) is 0 Å². The predicted molar refractivity (Wildman–Crippen MR) is 131 cm³/mol. The maximum absolute atomic E-state index is 12.9. The van der Waals surface area contributed by atoms with Crippen LogP contribution in [0.4, 0.5) is 5.69 Å². The zero-order valence-corrected chi connectivity index (χ0v) is 19.4. The maximum atomic E-state index is 12.9. The Balaban J connectivity index is 1.54. The van der Waals surface area contributed by atoms with Gasteiger partial charge >= 0.3 is 0 Å². The van der Waals surface area contributed by atoms with Crippen molar-refractivity contribution in [2.75, 3.05) is 5.32 Å². The summed E-state index contributed by atoms with van der Waals surface area (Å²) in [5.74, 6) is -0.253. The number of ketones is 1. The first-order valence-corrected chi connectivity index (χ1v) is 11.7. The molecule has 0 aliphatic rings. The molecule has 2 N–H and O–H groups in total. The molecule has 1 atom stereocenters. The Hall–Kier alpha value is -3.23. The first-order chi connectivity index (χ1) is 15.3. The van der Waals surface area contributed by atoms with Crippen LogP contribution in [0.1, 0.15) is 29.1 Å².